The maximum Gasteiger partial charge on any atom is 0.241 e. The van der Waals surface area contributed by atoms with Crippen LogP contribution in [0.5, 0.6) is 0 Å². The molecular formula is C16H18ClFN2O3S3. The van der Waals surface area contributed by atoms with Crippen molar-refractivity contribution in [1.82, 2.24) is 10.0 Å². The van der Waals surface area contributed by atoms with E-state index in [4.69, 9.17) is 11.6 Å². The molecule has 10 heteroatoms. The van der Waals surface area contributed by atoms with Gasteiger partial charge in [0.1, 0.15) is 11.9 Å². The van der Waals surface area contributed by atoms with Crippen LogP contribution < -0.4 is 10.0 Å². The van der Waals surface area contributed by atoms with Crippen molar-refractivity contribution in [2.45, 2.75) is 23.9 Å². The van der Waals surface area contributed by atoms with Crippen molar-refractivity contribution in [3.8, 4) is 0 Å². The third-order valence-corrected chi connectivity index (χ3v) is 6.72. The van der Waals surface area contributed by atoms with E-state index in [0.29, 0.717) is 18.7 Å². The molecule has 142 valence electrons. The van der Waals surface area contributed by atoms with Gasteiger partial charge >= 0.3 is 0 Å². The van der Waals surface area contributed by atoms with E-state index in [1.807, 2.05) is 23.8 Å². The molecule has 2 rings (SSSR count). The second-order valence-corrected chi connectivity index (χ2v) is 9.47. The molecule has 1 aromatic carbocycles. The predicted octanol–water partition coefficient (Wildman–Crippen LogP) is 3.26. The van der Waals surface area contributed by atoms with E-state index in [-0.39, 0.29) is 9.92 Å². The number of carbonyl (C=O) groups excluding carboxylic acids is 1. The minimum absolute atomic E-state index is 0.191. The number of nitrogens with one attached hydrogen (secondary N) is 2. The molecule has 1 atom stereocenters. The normalized spacial score (nSPS) is 12.7. The largest absolute Gasteiger partial charge is 0.350 e. The molecular weight excluding hydrogens is 419 g/mol. The molecule has 1 heterocycles. The summed E-state index contributed by atoms with van der Waals surface area (Å²) >= 11 is 8.67. The van der Waals surface area contributed by atoms with Crippen LogP contribution in [0.3, 0.4) is 0 Å². The summed E-state index contributed by atoms with van der Waals surface area (Å²) in [5.74, 6) is -0.522. The highest BCUT2D eigenvalue weighted by Crippen LogP contribution is 2.20. The first-order chi connectivity index (χ1) is 12.3. The van der Waals surface area contributed by atoms with Crippen LogP contribution in [0, 0.1) is 5.82 Å². The molecule has 0 radical (unpaired) electrons. The van der Waals surface area contributed by atoms with Crippen molar-refractivity contribution in [1.29, 1.82) is 0 Å². The fourth-order valence-corrected chi connectivity index (χ4v) is 4.71. The Bertz CT molecular complexity index is 844. The summed E-state index contributed by atoms with van der Waals surface area (Å²) in [5.41, 5.74) is 0. The summed E-state index contributed by atoms with van der Waals surface area (Å²) in [4.78, 5) is 13.2. The molecule has 0 aliphatic rings. The molecule has 2 aromatic rings. The number of carbonyl (C=O) groups is 1. The van der Waals surface area contributed by atoms with E-state index < -0.39 is 27.8 Å². The van der Waals surface area contributed by atoms with Crippen molar-refractivity contribution < 1.29 is 17.6 Å². The van der Waals surface area contributed by atoms with Crippen molar-refractivity contribution in [2.75, 3.05) is 12.0 Å². The quantitative estimate of drug-likeness (QED) is 0.632. The van der Waals surface area contributed by atoms with Gasteiger partial charge in [0.05, 0.1) is 16.5 Å². The van der Waals surface area contributed by atoms with Gasteiger partial charge < -0.3 is 5.32 Å². The van der Waals surface area contributed by atoms with Crippen molar-refractivity contribution in [3.05, 3.63) is 51.4 Å². The van der Waals surface area contributed by atoms with Crippen molar-refractivity contribution in [2.24, 2.45) is 0 Å². The lowest BCUT2D eigenvalue weighted by Crippen LogP contribution is -2.46. The Hall–Kier alpha value is -1.13. The number of thioether (sulfide) groups is 1. The van der Waals surface area contributed by atoms with Crippen LogP contribution in [0.25, 0.3) is 0 Å². The number of rotatable bonds is 9. The van der Waals surface area contributed by atoms with Crippen LogP contribution in [0.1, 0.15) is 11.3 Å². The lowest BCUT2D eigenvalue weighted by atomic mass is 10.2. The molecule has 0 spiro atoms. The number of thiophene rings is 1. The van der Waals surface area contributed by atoms with E-state index in [9.17, 15) is 17.6 Å². The van der Waals surface area contributed by atoms with Crippen LogP contribution in [0.2, 0.25) is 5.02 Å². The molecule has 1 amide bonds. The third-order valence-electron chi connectivity index (χ3n) is 3.44. The molecule has 5 nitrogen and oxygen atoms in total. The molecule has 0 saturated carbocycles. The molecule has 0 fully saturated rings. The number of hydrogen-bond donors (Lipinski definition) is 2. The van der Waals surface area contributed by atoms with Gasteiger partial charge in [0, 0.05) is 4.88 Å². The Morgan fingerprint density at radius 2 is 2.15 bits per heavy atom. The molecule has 0 bridgehead atoms. The van der Waals surface area contributed by atoms with Gasteiger partial charge in [-0.25, -0.2) is 12.8 Å². The lowest BCUT2D eigenvalue weighted by molar-refractivity contribution is -0.122. The summed E-state index contributed by atoms with van der Waals surface area (Å²) in [7, 11) is -4.01. The number of hydrogen-bond acceptors (Lipinski definition) is 5. The minimum atomic E-state index is -4.01. The number of benzene rings is 1. The smallest absolute Gasteiger partial charge is 0.241 e. The second-order valence-electron chi connectivity index (χ2n) is 5.33. The zero-order chi connectivity index (χ0) is 19.2. The van der Waals surface area contributed by atoms with Gasteiger partial charge in [0.2, 0.25) is 15.9 Å². The number of halogens is 2. The first kappa shape index (κ1) is 21.2. The van der Waals surface area contributed by atoms with Gasteiger partial charge in [-0.15, -0.1) is 11.3 Å². The van der Waals surface area contributed by atoms with Gasteiger partial charge in [-0.1, -0.05) is 17.7 Å². The van der Waals surface area contributed by atoms with E-state index in [0.717, 1.165) is 23.1 Å². The van der Waals surface area contributed by atoms with Crippen LogP contribution in [0.15, 0.2) is 40.6 Å². The van der Waals surface area contributed by atoms with E-state index >= 15 is 0 Å². The third kappa shape index (κ3) is 5.95. The molecule has 2 N–H and O–H groups in total. The van der Waals surface area contributed by atoms with Crippen molar-refractivity contribution in [3.63, 3.8) is 0 Å². The van der Waals surface area contributed by atoms with Gasteiger partial charge in [-0.3, -0.25) is 4.79 Å². The van der Waals surface area contributed by atoms with Crippen LogP contribution >= 0.6 is 34.7 Å². The Balaban J connectivity index is 2.11. The Labute approximate surface area is 165 Å². The van der Waals surface area contributed by atoms with Gasteiger partial charge in [0.25, 0.3) is 0 Å². The number of amides is 1. The summed E-state index contributed by atoms with van der Waals surface area (Å²) in [6.45, 7) is 0.330. The average Bonchev–Trinajstić information content (AvgIpc) is 3.12. The standard InChI is InChI=1S/C16H18ClFN2O3S3/c1-24-8-6-15(16(21)19-10-11-3-2-7-25-11)20-26(22,23)12-4-5-14(18)13(17)9-12/h2-5,7,9,15,20H,6,8,10H2,1H3,(H,19,21). The predicted molar refractivity (Wildman–Crippen MR) is 105 cm³/mol. The van der Waals surface area contributed by atoms with Crippen LogP contribution in [0.4, 0.5) is 4.39 Å². The monoisotopic (exact) mass is 436 g/mol. The van der Waals surface area contributed by atoms with Gasteiger partial charge in [-0.05, 0) is 48.1 Å². The summed E-state index contributed by atoms with van der Waals surface area (Å²) < 4.78 is 40.7. The Morgan fingerprint density at radius 1 is 1.38 bits per heavy atom. The average molecular weight is 437 g/mol. The maximum absolute atomic E-state index is 13.3. The Morgan fingerprint density at radius 3 is 2.77 bits per heavy atom. The van der Waals surface area contributed by atoms with E-state index in [1.54, 1.807) is 0 Å². The first-order valence-corrected chi connectivity index (χ1v) is 11.7. The molecule has 1 aromatic heterocycles. The molecule has 1 unspecified atom stereocenters. The second kappa shape index (κ2) is 9.70. The van der Waals surface area contributed by atoms with Crippen LogP contribution in [-0.4, -0.2) is 32.4 Å². The molecule has 0 aliphatic carbocycles. The lowest BCUT2D eigenvalue weighted by Gasteiger charge is -2.18. The highest BCUT2D eigenvalue weighted by molar-refractivity contribution is 7.98. The zero-order valence-electron chi connectivity index (χ0n) is 13.9. The Kier molecular flexibility index (Phi) is 7.90. The van der Waals surface area contributed by atoms with Gasteiger partial charge in [0.15, 0.2) is 0 Å². The van der Waals surface area contributed by atoms with Gasteiger partial charge in [-0.2, -0.15) is 16.5 Å². The maximum atomic E-state index is 13.3. The first-order valence-electron chi connectivity index (χ1n) is 7.60. The zero-order valence-corrected chi connectivity index (χ0v) is 17.1. The summed E-state index contributed by atoms with van der Waals surface area (Å²) in [6.07, 6.45) is 2.19. The fraction of sp³-hybridized carbons (Fsp3) is 0.312. The van der Waals surface area contributed by atoms with Crippen LogP contribution in [-0.2, 0) is 21.4 Å². The minimum Gasteiger partial charge on any atom is -0.350 e. The molecule has 0 aliphatic heterocycles. The summed E-state index contributed by atoms with van der Waals surface area (Å²) in [5, 5.41) is 4.34. The van der Waals surface area contributed by atoms with E-state index in [1.165, 1.54) is 23.1 Å². The summed E-state index contributed by atoms with van der Waals surface area (Å²) in [6, 6.07) is 5.93. The topological polar surface area (TPSA) is 75.3 Å². The molecule has 26 heavy (non-hydrogen) atoms. The fourth-order valence-electron chi connectivity index (χ4n) is 2.09. The number of sulfonamides is 1. The molecule has 0 saturated heterocycles. The van der Waals surface area contributed by atoms with E-state index in [2.05, 4.69) is 10.0 Å². The van der Waals surface area contributed by atoms with Crippen molar-refractivity contribution >= 4 is 50.6 Å². The highest BCUT2D eigenvalue weighted by Gasteiger charge is 2.26. The SMILES string of the molecule is CSCCC(NS(=O)(=O)c1ccc(F)c(Cl)c1)C(=O)NCc1cccs1. The highest BCUT2D eigenvalue weighted by atomic mass is 35.5.